The first-order valence-corrected chi connectivity index (χ1v) is 10.5. The van der Waals surface area contributed by atoms with Crippen LogP contribution in [0.5, 0.6) is 0 Å². The Balaban J connectivity index is 1.83. The van der Waals surface area contributed by atoms with E-state index in [1.165, 1.54) is 0 Å². The molecule has 0 aromatic heterocycles. The van der Waals surface area contributed by atoms with Crippen molar-refractivity contribution in [2.24, 2.45) is 4.99 Å². The number of hydrogen-bond donors (Lipinski definition) is 2. The number of sulfonamides is 1. The van der Waals surface area contributed by atoms with Crippen molar-refractivity contribution in [1.29, 1.82) is 0 Å². The molecule has 0 fully saturated rings. The molecule has 2 aliphatic rings. The minimum Gasteiger partial charge on any atom is -0.352 e. The van der Waals surface area contributed by atoms with Gasteiger partial charge in [0.2, 0.25) is 10.0 Å². The Kier molecular flexibility index (Phi) is 7.66. The number of carbonyl (C=O) groups excluding carboxylic acids is 1. The quantitative estimate of drug-likeness (QED) is 0.699. The van der Waals surface area contributed by atoms with Gasteiger partial charge in [-0.15, -0.1) is 0 Å². The topological polar surface area (TPSA) is 87.6 Å². The molecule has 2 rings (SSSR count). The Hall–Kier alpha value is -1.86. The summed E-state index contributed by atoms with van der Waals surface area (Å²) in [6.07, 6.45) is 13.2. The van der Waals surface area contributed by atoms with E-state index in [2.05, 4.69) is 15.0 Å². The zero-order valence-electron chi connectivity index (χ0n) is 14.7. The second kappa shape index (κ2) is 9.73. The third kappa shape index (κ3) is 6.14. The normalized spacial score (nSPS) is 26.4. The smallest absolute Gasteiger partial charge is 0.252 e. The lowest BCUT2D eigenvalue weighted by Gasteiger charge is -2.13. The average molecular weight is 398 g/mol. The van der Waals surface area contributed by atoms with Crippen molar-refractivity contribution in [3.8, 4) is 0 Å². The average Bonchev–Trinajstić information content (AvgIpc) is 2.65. The SMILES string of the molecule is CC1/C=C\C=C/CC(=NCCCNC(=O)C2=C(Cl)CCC=C2)NS1(=O)=O. The standard InChI is InChI=1S/C18H24ClN3O3S/c1-14-8-3-2-4-11-17(22-26(14,24)25)20-12-7-13-21-18(23)15-9-5-6-10-16(15)19/h2-5,8-9,14H,6-7,10-13H2,1H3,(H,20,22)(H,21,23)/b4-2-,8-3-. The van der Waals surface area contributed by atoms with E-state index in [1.54, 1.807) is 25.2 Å². The number of amides is 1. The molecule has 0 saturated carbocycles. The Morgan fingerprint density at radius 1 is 1.38 bits per heavy atom. The third-order valence-electron chi connectivity index (χ3n) is 3.97. The molecule has 0 radical (unpaired) electrons. The highest BCUT2D eigenvalue weighted by atomic mass is 35.5. The molecule has 2 N–H and O–H groups in total. The molecular formula is C18H24ClN3O3S. The summed E-state index contributed by atoms with van der Waals surface area (Å²) < 4.78 is 26.8. The summed E-state index contributed by atoms with van der Waals surface area (Å²) >= 11 is 6.07. The van der Waals surface area contributed by atoms with Gasteiger partial charge in [0.1, 0.15) is 5.84 Å². The van der Waals surface area contributed by atoms with Crippen LogP contribution in [0.1, 0.15) is 32.6 Å². The van der Waals surface area contributed by atoms with Crippen LogP contribution in [0.3, 0.4) is 0 Å². The number of nitrogens with one attached hydrogen (secondary N) is 2. The minimum absolute atomic E-state index is 0.190. The molecule has 1 aliphatic carbocycles. The van der Waals surface area contributed by atoms with E-state index in [9.17, 15) is 13.2 Å². The summed E-state index contributed by atoms with van der Waals surface area (Å²) in [6, 6.07) is 0. The lowest BCUT2D eigenvalue weighted by molar-refractivity contribution is -0.117. The molecule has 1 heterocycles. The van der Waals surface area contributed by atoms with Crippen LogP contribution < -0.4 is 10.0 Å². The fourth-order valence-corrected chi connectivity index (χ4v) is 3.62. The predicted octanol–water partition coefficient (Wildman–Crippen LogP) is 2.56. The van der Waals surface area contributed by atoms with E-state index < -0.39 is 15.3 Å². The number of nitrogens with zero attached hydrogens (tertiary/aromatic N) is 1. The first-order valence-electron chi connectivity index (χ1n) is 8.62. The Bertz CT molecular complexity index is 780. The lowest BCUT2D eigenvalue weighted by Crippen LogP contribution is -2.36. The molecule has 1 amide bonds. The predicted molar refractivity (Wildman–Crippen MR) is 106 cm³/mol. The highest BCUT2D eigenvalue weighted by molar-refractivity contribution is 7.90. The van der Waals surface area contributed by atoms with E-state index in [4.69, 9.17) is 11.6 Å². The highest BCUT2D eigenvalue weighted by Gasteiger charge is 2.19. The van der Waals surface area contributed by atoms with Crippen molar-refractivity contribution >= 4 is 33.4 Å². The van der Waals surface area contributed by atoms with Gasteiger partial charge in [0.15, 0.2) is 0 Å². The number of rotatable bonds is 5. The second-order valence-corrected chi connectivity index (χ2v) is 8.56. The van der Waals surface area contributed by atoms with Gasteiger partial charge in [-0.05, 0) is 26.2 Å². The molecule has 0 saturated heterocycles. The van der Waals surface area contributed by atoms with Crippen molar-refractivity contribution in [2.75, 3.05) is 13.1 Å². The van der Waals surface area contributed by atoms with Crippen LogP contribution in [-0.2, 0) is 14.8 Å². The van der Waals surface area contributed by atoms with Gasteiger partial charge in [-0.3, -0.25) is 14.5 Å². The van der Waals surface area contributed by atoms with E-state index in [0.29, 0.717) is 48.8 Å². The van der Waals surface area contributed by atoms with Crippen LogP contribution in [0.4, 0.5) is 0 Å². The number of amidine groups is 1. The maximum Gasteiger partial charge on any atom is 0.252 e. The summed E-state index contributed by atoms with van der Waals surface area (Å²) in [7, 11) is -3.48. The zero-order chi connectivity index (χ0) is 19.0. The Morgan fingerprint density at radius 2 is 2.19 bits per heavy atom. The summed E-state index contributed by atoms with van der Waals surface area (Å²) in [6.45, 7) is 2.47. The number of allylic oxidation sites excluding steroid dienone is 4. The summed E-state index contributed by atoms with van der Waals surface area (Å²) in [5.41, 5.74) is 0.514. The van der Waals surface area contributed by atoms with Crippen molar-refractivity contribution < 1.29 is 13.2 Å². The van der Waals surface area contributed by atoms with Crippen molar-refractivity contribution in [3.63, 3.8) is 0 Å². The first-order chi connectivity index (χ1) is 12.4. The van der Waals surface area contributed by atoms with Crippen LogP contribution in [0.15, 0.2) is 52.1 Å². The maximum absolute atomic E-state index is 12.1. The third-order valence-corrected chi connectivity index (χ3v) is 6.01. The molecule has 8 heteroatoms. The lowest BCUT2D eigenvalue weighted by atomic mass is 10.1. The number of hydrogen-bond acceptors (Lipinski definition) is 4. The van der Waals surface area contributed by atoms with Gasteiger partial charge in [0, 0.05) is 24.5 Å². The fraction of sp³-hybridized carbons (Fsp3) is 0.444. The number of halogens is 1. The summed E-state index contributed by atoms with van der Waals surface area (Å²) in [5, 5.41) is 2.77. The van der Waals surface area contributed by atoms with E-state index in [-0.39, 0.29) is 5.91 Å². The molecule has 0 aromatic rings. The number of aliphatic imine (C=N–C) groups is 1. The van der Waals surface area contributed by atoms with Crippen molar-refractivity contribution in [2.45, 2.75) is 37.9 Å². The molecule has 1 atom stereocenters. The molecule has 6 nitrogen and oxygen atoms in total. The first kappa shape index (κ1) is 20.5. The summed E-state index contributed by atoms with van der Waals surface area (Å²) in [4.78, 5) is 16.4. The Labute approximate surface area is 159 Å². The van der Waals surface area contributed by atoms with Crippen LogP contribution in [0.2, 0.25) is 0 Å². The monoisotopic (exact) mass is 397 g/mol. The van der Waals surface area contributed by atoms with Crippen LogP contribution >= 0.6 is 11.6 Å². The molecule has 0 aromatic carbocycles. The van der Waals surface area contributed by atoms with Gasteiger partial charge in [-0.25, -0.2) is 8.42 Å². The molecular weight excluding hydrogens is 374 g/mol. The zero-order valence-corrected chi connectivity index (χ0v) is 16.3. The fourth-order valence-electron chi connectivity index (χ4n) is 2.40. The largest absolute Gasteiger partial charge is 0.352 e. The molecule has 142 valence electrons. The van der Waals surface area contributed by atoms with Gasteiger partial charge >= 0.3 is 0 Å². The van der Waals surface area contributed by atoms with E-state index >= 15 is 0 Å². The van der Waals surface area contributed by atoms with Crippen molar-refractivity contribution in [3.05, 3.63) is 47.1 Å². The van der Waals surface area contributed by atoms with Crippen LogP contribution in [0, 0.1) is 0 Å². The van der Waals surface area contributed by atoms with Gasteiger partial charge in [0.25, 0.3) is 5.91 Å². The van der Waals surface area contributed by atoms with Gasteiger partial charge < -0.3 is 5.32 Å². The van der Waals surface area contributed by atoms with E-state index in [0.717, 1.165) is 6.42 Å². The second-order valence-electron chi connectivity index (χ2n) is 6.07. The van der Waals surface area contributed by atoms with Crippen molar-refractivity contribution in [1.82, 2.24) is 10.0 Å². The molecule has 1 unspecified atom stereocenters. The molecule has 0 bridgehead atoms. The van der Waals surface area contributed by atoms with Gasteiger partial charge in [-0.1, -0.05) is 48.1 Å². The number of carbonyl (C=O) groups is 1. The molecule has 26 heavy (non-hydrogen) atoms. The highest BCUT2D eigenvalue weighted by Crippen LogP contribution is 2.22. The van der Waals surface area contributed by atoms with E-state index in [1.807, 2.05) is 18.2 Å². The summed E-state index contributed by atoms with van der Waals surface area (Å²) in [5.74, 6) is 0.216. The minimum atomic E-state index is -3.48. The van der Waals surface area contributed by atoms with Gasteiger partial charge in [0.05, 0.1) is 10.8 Å². The van der Waals surface area contributed by atoms with Crippen LogP contribution in [0.25, 0.3) is 0 Å². The molecule has 1 aliphatic heterocycles. The van der Waals surface area contributed by atoms with Crippen LogP contribution in [-0.4, -0.2) is 38.5 Å². The van der Waals surface area contributed by atoms with Gasteiger partial charge in [-0.2, -0.15) is 0 Å². The Morgan fingerprint density at radius 3 is 2.96 bits per heavy atom. The molecule has 0 spiro atoms. The maximum atomic E-state index is 12.1.